The lowest BCUT2D eigenvalue weighted by molar-refractivity contribution is -0.124. The van der Waals surface area contributed by atoms with Gasteiger partial charge < -0.3 is 9.05 Å². The molecule has 5 heteroatoms. The molecule has 1 aliphatic carbocycles. The van der Waals surface area contributed by atoms with Crippen LogP contribution < -0.4 is 0 Å². The van der Waals surface area contributed by atoms with Crippen molar-refractivity contribution in [2.75, 3.05) is 20.4 Å². The summed E-state index contributed by atoms with van der Waals surface area (Å²) in [5.74, 6) is 0.790. The summed E-state index contributed by atoms with van der Waals surface area (Å²) >= 11 is 0. The topological polar surface area (TPSA) is 52.6 Å². The molecule has 1 aliphatic rings. The predicted molar refractivity (Wildman–Crippen MR) is 62.6 cm³/mol. The third-order valence-electron chi connectivity index (χ3n) is 3.29. The van der Waals surface area contributed by atoms with Crippen LogP contribution in [-0.2, 0) is 18.4 Å². The summed E-state index contributed by atoms with van der Waals surface area (Å²) in [7, 11) is -0.520. The van der Waals surface area contributed by atoms with Gasteiger partial charge in [0.15, 0.2) is 0 Å². The zero-order chi connectivity index (χ0) is 12.2. The van der Waals surface area contributed by atoms with E-state index in [9.17, 15) is 9.36 Å². The first-order chi connectivity index (χ1) is 7.54. The SMILES string of the molecule is CCCC1CC(C(=O)CP(=O)(OC)OC)C1. The van der Waals surface area contributed by atoms with Gasteiger partial charge in [-0.1, -0.05) is 19.8 Å². The Labute approximate surface area is 97.2 Å². The average Bonchev–Trinajstić information content (AvgIpc) is 2.22. The van der Waals surface area contributed by atoms with Crippen LogP contribution in [0.3, 0.4) is 0 Å². The lowest BCUT2D eigenvalue weighted by Crippen LogP contribution is -2.32. The maximum atomic E-state index is 11.8. The van der Waals surface area contributed by atoms with Gasteiger partial charge in [-0.15, -0.1) is 0 Å². The summed E-state index contributed by atoms with van der Waals surface area (Å²) in [6.45, 7) is 2.15. The van der Waals surface area contributed by atoms with Gasteiger partial charge in [-0.3, -0.25) is 9.36 Å². The van der Waals surface area contributed by atoms with E-state index in [-0.39, 0.29) is 17.9 Å². The summed E-state index contributed by atoms with van der Waals surface area (Å²) in [4.78, 5) is 11.8. The molecule has 0 unspecified atom stereocenters. The van der Waals surface area contributed by atoms with Crippen molar-refractivity contribution >= 4 is 13.4 Å². The van der Waals surface area contributed by atoms with Crippen LogP contribution in [0.25, 0.3) is 0 Å². The molecular formula is C11H21O4P. The maximum Gasteiger partial charge on any atom is 0.337 e. The first-order valence-electron chi connectivity index (χ1n) is 5.78. The third kappa shape index (κ3) is 3.41. The molecule has 0 aromatic heterocycles. The van der Waals surface area contributed by atoms with Gasteiger partial charge in [0, 0.05) is 20.1 Å². The van der Waals surface area contributed by atoms with Crippen molar-refractivity contribution < 1.29 is 18.4 Å². The Balaban J connectivity index is 2.35. The molecule has 0 atom stereocenters. The number of ketones is 1. The Morgan fingerprint density at radius 1 is 1.31 bits per heavy atom. The van der Waals surface area contributed by atoms with Gasteiger partial charge in [0.1, 0.15) is 11.9 Å². The van der Waals surface area contributed by atoms with Crippen molar-refractivity contribution in [2.24, 2.45) is 11.8 Å². The Morgan fingerprint density at radius 2 is 1.88 bits per heavy atom. The minimum absolute atomic E-state index is 0.0272. The molecule has 0 N–H and O–H groups in total. The summed E-state index contributed by atoms with van der Waals surface area (Å²) in [6, 6.07) is 0. The van der Waals surface area contributed by atoms with E-state index in [4.69, 9.17) is 9.05 Å². The largest absolute Gasteiger partial charge is 0.337 e. The van der Waals surface area contributed by atoms with Gasteiger partial charge in [0.05, 0.1) is 0 Å². The van der Waals surface area contributed by atoms with Gasteiger partial charge in [-0.25, -0.2) is 0 Å². The molecule has 0 radical (unpaired) electrons. The molecule has 0 aromatic rings. The quantitative estimate of drug-likeness (QED) is 0.650. The summed E-state index contributed by atoms with van der Waals surface area (Å²) in [5.41, 5.74) is 0. The highest BCUT2D eigenvalue weighted by Gasteiger charge is 2.37. The maximum absolute atomic E-state index is 11.8. The van der Waals surface area contributed by atoms with Crippen LogP contribution in [0.15, 0.2) is 0 Å². The third-order valence-corrected chi connectivity index (χ3v) is 5.11. The van der Waals surface area contributed by atoms with Crippen molar-refractivity contribution in [1.82, 2.24) is 0 Å². The Kier molecular flexibility index (Phi) is 5.16. The minimum Gasteiger partial charge on any atom is -0.312 e. The predicted octanol–water partition coefficient (Wildman–Crippen LogP) is 2.87. The molecule has 4 nitrogen and oxygen atoms in total. The van der Waals surface area contributed by atoms with Gasteiger partial charge in [0.2, 0.25) is 0 Å². The molecule has 0 amide bonds. The molecule has 94 valence electrons. The van der Waals surface area contributed by atoms with E-state index in [2.05, 4.69) is 6.92 Å². The Hall–Kier alpha value is -0.180. The van der Waals surface area contributed by atoms with Gasteiger partial charge >= 0.3 is 7.60 Å². The average molecular weight is 248 g/mol. The number of hydrogen-bond donors (Lipinski definition) is 0. The number of carbonyl (C=O) groups excluding carboxylic acids is 1. The van der Waals surface area contributed by atoms with Crippen molar-refractivity contribution in [1.29, 1.82) is 0 Å². The second-order valence-electron chi connectivity index (χ2n) is 4.42. The molecule has 0 aromatic carbocycles. The highest BCUT2D eigenvalue weighted by Crippen LogP contribution is 2.48. The molecule has 0 spiro atoms. The van der Waals surface area contributed by atoms with E-state index >= 15 is 0 Å². The Morgan fingerprint density at radius 3 is 2.31 bits per heavy atom. The van der Waals surface area contributed by atoms with E-state index in [0.29, 0.717) is 5.92 Å². The lowest BCUT2D eigenvalue weighted by atomic mass is 9.71. The van der Waals surface area contributed by atoms with Crippen molar-refractivity contribution in [2.45, 2.75) is 32.6 Å². The molecule has 1 saturated carbocycles. The van der Waals surface area contributed by atoms with E-state index in [1.165, 1.54) is 27.1 Å². The van der Waals surface area contributed by atoms with Crippen molar-refractivity contribution in [3.63, 3.8) is 0 Å². The van der Waals surface area contributed by atoms with Gasteiger partial charge in [0.25, 0.3) is 0 Å². The van der Waals surface area contributed by atoms with Crippen LogP contribution in [0.1, 0.15) is 32.6 Å². The number of hydrogen-bond acceptors (Lipinski definition) is 4. The fraction of sp³-hybridized carbons (Fsp3) is 0.909. The standard InChI is InChI=1S/C11H21O4P/c1-4-5-9-6-10(7-9)11(12)8-16(13,14-2)15-3/h9-10H,4-8H2,1-3H3. The van der Waals surface area contributed by atoms with Crippen LogP contribution in [0.2, 0.25) is 0 Å². The van der Waals surface area contributed by atoms with Crippen LogP contribution in [0, 0.1) is 11.8 Å². The second kappa shape index (κ2) is 5.95. The van der Waals surface area contributed by atoms with E-state index in [0.717, 1.165) is 12.8 Å². The first kappa shape index (κ1) is 13.9. The van der Waals surface area contributed by atoms with Gasteiger partial charge in [-0.2, -0.15) is 0 Å². The first-order valence-corrected chi connectivity index (χ1v) is 7.50. The van der Waals surface area contributed by atoms with Crippen molar-refractivity contribution in [3.05, 3.63) is 0 Å². The highest BCUT2D eigenvalue weighted by atomic mass is 31.2. The summed E-state index contributed by atoms with van der Waals surface area (Å²) in [5, 5.41) is 0. The second-order valence-corrected chi connectivity index (χ2v) is 6.69. The molecule has 1 fully saturated rings. The molecule has 0 bridgehead atoms. The molecule has 16 heavy (non-hydrogen) atoms. The summed E-state index contributed by atoms with van der Waals surface area (Å²) < 4.78 is 21.3. The van der Waals surface area contributed by atoms with Crippen molar-refractivity contribution in [3.8, 4) is 0 Å². The monoisotopic (exact) mass is 248 g/mol. The normalized spacial score (nSPS) is 25.2. The number of Topliss-reactive ketones (excluding diaryl/α,β-unsaturated/α-hetero) is 1. The van der Waals surface area contributed by atoms with E-state index in [1.807, 2.05) is 0 Å². The van der Waals surface area contributed by atoms with Crippen LogP contribution in [0.5, 0.6) is 0 Å². The number of carbonyl (C=O) groups is 1. The highest BCUT2D eigenvalue weighted by molar-refractivity contribution is 7.54. The molecular weight excluding hydrogens is 227 g/mol. The van der Waals surface area contributed by atoms with Crippen LogP contribution in [0.4, 0.5) is 0 Å². The fourth-order valence-corrected chi connectivity index (χ4v) is 3.21. The van der Waals surface area contributed by atoms with E-state index < -0.39 is 7.60 Å². The zero-order valence-electron chi connectivity index (χ0n) is 10.3. The molecule has 0 aliphatic heterocycles. The van der Waals surface area contributed by atoms with Gasteiger partial charge in [-0.05, 0) is 18.8 Å². The molecule has 0 saturated heterocycles. The van der Waals surface area contributed by atoms with E-state index in [1.54, 1.807) is 0 Å². The molecule has 0 heterocycles. The minimum atomic E-state index is -3.16. The lowest BCUT2D eigenvalue weighted by Gasteiger charge is -2.34. The Bertz CT molecular complexity index is 276. The molecule has 1 rings (SSSR count). The fourth-order valence-electron chi connectivity index (χ4n) is 2.17. The van der Waals surface area contributed by atoms with Crippen LogP contribution in [-0.4, -0.2) is 26.2 Å². The van der Waals surface area contributed by atoms with Crippen LogP contribution >= 0.6 is 7.60 Å². The summed E-state index contributed by atoms with van der Waals surface area (Å²) in [6.07, 6.45) is 4.17. The smallest absolute Gasteiger partial charge is 0.312 e. The zero-order valence-corrected chi connectivity index (χ0v) is 11.2. The number of rotatable bonds is 7.